The van der Waals surface area contributed by atoms with Gasteiger partial charge < -0.3 is 5.11 Å². The van der Waals surface area contributed by atoms with Crippen LogP contribution in [0.3, 0.4) is 0 Å². The van der Waals surface area contributed by atoms with E-state index in [1.807, 2.05) is 6.92 Å². The molecule has 0 amide bonds. The average molecular weight is 159 g/mol. The van der Waals surface area contributed by atoms with Gasteiger partial charge in [0.25, 0.3) is 0 Å². The number of nitrogens with zero attached hydrogens (tertiary/aromatic N) is 3. The van der Waals surface area contributed by atoms with Crippen LogP contribution < -0.4 is 0 Å². The van der Waals surface area contributed by atoms with Gasteiger partial charge in [0, 0.05) is 0 Å². The largest absolute Gasteiger partial charge is 0.391 e. The summed E-state index contributed by atoms with van der Waals surface area (Å²) >= 11 is 0. The standard InChI is InChI=1S/C6H10FN3O/c1-2-5(11)3-10-6(7)8-4-9-10/h4-5,11H,2-3H2,1H3. The zero-order valence-electron chi connectivity index (χ0n) is 6.24. The zero-order valence-corrected chi connectivity index (χ0v) is 6.24. The van der Waals surface area contributed by atoms with Crippen LogP contribution in [0.25, 0.3) is 0 Å². The minimum atomic E-state index is -0.655. The number of rotatable bonds is 3. The fourth-order valence-corrected chi connectivity index (χ4v) is 0.701. The first kappa shape index (κ1) is 8.13. The number of aromatic nitrogens is 3. The zero-order chi connectivity index (χ0) is 8.27. The molecule has 0 aliphatic rings. The molecule has 1 aromatic rings. The van der Waals surface area contributed by atoms with Crippen LogP contribution in [0.2, 0.25) is 0 Å². The van der Waals surface area contributed by atoms with Crippen LogP contribution in [0.1, 0.15) is 13.3 Å². The highest BCUT2D eigenvalue weighted by molar-refractivity contribution is 4.63. The van der Waals surface area contributed by atoms with E-state index in [0.29, 0.717) is 6.42 Å². The topological polar surface area (TPSA) is 50.9 Å². The number of hydrogen-bond donors (Lipinski definition) is 1. The smallest absolute Gasteiger partial charge is 0.307 e. The Labute approximate surface area is 63.7 Å². The lowest BCUT2D eigenvalue weighted by atomic mass is 10.3. The van der Waals surface area contributed by atoms with Crippen molar-refractivity contribution in [2.75, 3.05) is 0 Å². The van der Waals surface area contributed by atoms with Gasteiger partial charge in [0.1, 0.15) is 6.33 Å². The normalized spacial score (nSPS) is 13.4. The number of aliphatic hydroxyl groups excluding tert-OH is 1. The van der Waals surface area contributed by atoms with Gasteiger partial charge in [-0.25, -0.2) is 4.68 Å². The van der Waals surface area contributed by atoms with Gasteiger partial charge >= 0.3 is 6.08 Å². The second-order valence-corrected chi connectivity index (χ2v) is 2.27. The maximum atomic E-state index is 12.5. The molecule has 5 heteroatoms. The molecule has 1 rings (SSSR count). The molecule has 0 aliphatic carbocycles. The Morgan fingerprint density at radius 3 is 3.00 bits per heavy atom. The van der Waals surface area contributed by atoms with Crippen LogP contribution in [-0.2, 0) is 6.54 Å². The van der Waals surface area contributed by atoms with E-state index in [9.17, 15) is 4.39 Å². The summed E-state index contributed by atoms with van der Waals surface area (Å²) in [5.41, 5.74) is 0. The van der Waals surface area contributed by atoms with Crippen LogP contribution in [0.15, 0.2) is 6.33 Å². The fraction of sp³-hybridized carbons (Fsp3) is 0.667. The molecule has 1 aromatic heterocycles. The Morgan fingerprint density at radius 1 is 1.82 bits per heavy atom. The average Bonchev–Trinajstić information content (AvgIpc) is 2.37. The van der Waals surface area contributed by atoms with Gasteiger partial charge in [0.05, 0.1) is 12.6 Å². The number of halogens is 1. The van der Waals surface area contributed by atoms with E-state index in [-0.39, 0.29) is 6.54 Å². The summed E-state index contributed by atoms with van der Waals surface area (Å²) < 4.78 is 13.6. The molecular formula is C6H10FN3O. The van der Waals surface area contributed by atoms with Crippen LogP contribution in [-0.4, -0.2) is 26.0 Å². The quantitative estimate of drug-likeness (QED) is 0.684. The summed E-state index contributed by atoms with van der Waals surface area (Å²) in [6, 6.07) is 0. The summed E-state index contributed by atoms with van der Waals surface area (Å²) in [6.07, 6.45) is 0.500. The van der Waals surface area contributed by atoms with E-state index in [1.165, 1.54) is 0 Å². The molecule has 0 bridgehead atoms. The van der Waals surface area contributed by atoms with Crippen molar-refractivity contribution in [1.82, 2.24) is 14.8 Å². The Bertz CT molecular complexity index is 225. The van der Waals surface area contributed by atoms with Crippen molar-refractivity contribution in [3.05, 3.63) is 12.4 Å². The van der Waals surface area contributed by atoms with E-state index in [2.05, 4.69) is 10.1 Å². The molecule has 4 nitrogen and oxygen atoms in total. The highest BCUT2D eigenvalue weighted by Crippen LogP contribution is 1.96. The van der Waals surface area contributed by atoms with E-state index in [1.54, 1.807) is 0 Å². The molecule has 11 heavy (non-hydrogen) atoms. The maximum Gasteiger partial charge on any atom is 0.307 e. The van der Waals surface area contributed by atoms with Gasteiger partial charge in [-0.1, -0.05) is 6.92 Å². The molecule has 0 fully saturated rings. The third kappa shape index (κ3) is 1.98. The molecule has 62 valence electrons. The van der Waals surface area contributed by atoms with Crippen molar-refractivity contribution < 1.29 is 9.50 Å². The van der Waals surface area contributed by atoms with E-state index in [4.69, 9.17) is 5.11 Å². The van der Waals surface area contributed by atoms with E-state index in [0.717, 1.165) is 11.0 Å². The minimum absolute atomic E-state index is 0.169. The second kappa shape index (κ2) is 3.43. The van der Waals surface area contributed by atoms with Crippen molar-refractivity contribution in [1.29, 1.82) is 0 Å². The van der Waals surface area contributed by atoms with Crippen LogP contribution in [0.5, 0.6) is 0 Å². The first-order chi connectivity index (χ1) is 5.24. The Kier molecular flexibility index (Phi) is 2.53. The minimum Gasteiger partial charge on any atom is -0.391 e. The number of hydrogen-bond acceptors (Lipinski definition) is 3. The van der Waals surface area contributed by atoms with Crippen molar-refractivity contribution in [3.63, 3.8) is 0 Å². The van der Waals surface area contributed by atoms with Crippen molar-refractivity contribution in [2.24, 2.45) is 0 Å². The highest BCUT2D eigenvalue weighted by atomic mass is 19.1. The predicted octanol–water partition coefficient (Wildman–Crippen LogP) is 0.188. The summed E-state index contributed by atoms with van der Waals surface area (Å²) in [6.45, 7) is 1.99. The molecule has 0 saturated carbocycles. The van der Waals surface area contributed by atoms with Gasteiger partial charge in [-0.05, 0) is 6.42 Å². The molecular weight excluding hydrogens is 149 g/mol. The summed E-state index contributed by atoms with van der Waals surface area (Å²) in [5, 5.41) is 12.7. The molecule has 1 atom stereocenters. The fourth-order valence-electron chi connectivity index (χ4n) is 0.701. The van der Waals surface area contributed by atoms with E-state index >= 15 is 0 Å². The molecule has 0 spiro atoms. The first-order valence-corrected chi connectivity index (χ1v) is 3.45. The maximum absolute atomic E-state index is 12.5. The van der Waals surface area contributed by atoms with Crippen LogP contribution in [0.4, 0.5) is 4.39 Å². The van der Waals surface area contributed by atoms with Crippen molar-refractivity contribution >= 4 is 0 Å². The predicted molar refractivity (Wildman–Crippen MR) is 36.3 cm³/mol. The van der Waals surface area contributed by atoms with Crippen LogP contribution >= 0.6 is 0 Å². The van der Waals surface area contributed by atoms with Gasteiger partial charge in [-0.15, -0.1) is 0 Å². The molecule has 1 N–H and O–H groups in total. The first-order valence-electron chi connectivity index (χ1n) is 3.45. The van der Waals surface area contributed by atoms with Gasteiger partial charge in [-0.3, -0.25) is 0 Å². The lowest BCUT2D eigenvalue weighted by molar-refractivity contribution is 0.139. The summed E-state index contributed by atoms with van der Waals surface area (Å²) in [5.74, 6) is 0. The van der Waals surface area contributed by atoms with E-state index < -0.39 is 12.2 Å². The van der Waals surface area contributed by atoms with Crippen molar-refractivity contribution in [3.8, 4) is 0 Å². The molecule has 0 saturated heterocycles. The number of aliphatic hydroxyl groups is 1. The summed E-state index contributed by atoms with van der Waals surface area (Å²) in [7, 11) is 0. The van der Waals surface area contributed by atoms with Gasteiger partial charge in [0.15, 0.2) is 0 Å². The molecule has 1 heterocycles. The Morgan fingerprint density at radius 2 is 2.55 bits per heavy atom. The SMILES string of the molecule is CCC(O)Cn1ncnc1F. The van der Waals surface area contributed by atoms with Gasteiger partial charge in [-0.2, -0.15) is 14.5 Å². The van der Waals surface area contributed by atoms with Gasteiger partial charge in [0.2, 0.25) is 0 Å². The Hall–Kier alpha value is -0.970. The molecule has 0 radical (unpaired) electrons. The van der Waals surface area contributed by atoms with Crippen LogP contribution in [0, 0.1) is 6.08 Å². The molecule has 0 aromatic carbocycles. The lowest BCUT2D eigenvalue weighted by Gasteiger charge is -2.05. The highest BCUT2D eigenvalue weighted by Gasteiger charge is 2.06. The van der Waals surface area contributed by atoms with Crippen molar-refractivity contribution in [2.45, 2.75) is 26.0 Å². The monoisotopic (exact) mass is 159 g/mol. The second-order valence-electron chi connectivity index (χ2n) is 2.27. The Balaban J connectivity index is 2.56. The summed E-state index contributed by atoms with van der Waals surface area (Å²) in [4.78, 5) is 3.28. The third-order valence-corrected chi connectivity index (χ3v) is 1.42. The third-order valence-electron chi connectivity index (χ3n) is 1.42. The molecule has 1 unspecified atom stereocenters. The lowest BCUT2D eigenvalue weighted by Crippen LogP contribution is -2.17. The molecule has 0 aliphatic heterocycles.